The third-order valence-electron chi connectivity index (χ3n) is 11.9. The van der Waals surface area contributed by atoms with Crippen molar-refractivity contribution in [1.82, 2.24) is 59.9 Å². The number of carbonyl (C=O) groups excluding carboxylic acids is 2. The number of hydrogen-bond acceptors (Lipinski definition) is 16. The molecular weight excluding hydrogens is 893 g/mol. The number of fused-ring (bicyclic) bond motifs is 2. The normalized spacial score (nSPS) is 13.7. The maximum atomic E-state index is 12.4. The molecule has 8 aromatic rings. The molecule has 70 heavy (non-hydrogen) atoms. The number of rotatable bonds is 18. The van der Waals surface area contributed by atoms with Crippen molar-refractivity contribution in [1.29, 1.82) is 0 Å². The first-order chi connectivity index (χ1) is 34.3. The molecule has 20 heteroatoms. The van der Waals surface area contributed by atoms with Gasteiger partial charge < -0.3 is 51.2 Å². The summed E-state index contributed by atoms with van der Waals surface area (Å²) in [6, 6.07) is 34.6. The topological polar surface area (TPSA) is 252 Å². The fraction of sp³-hybridized carbons (Fsp3) is 0.280. The van der Waals surface area contributed by atoms with E-state index in [0.717, 1.165) is 28.4 Å². The number of hydrogen-bond donors (Lipinski definition) is 5. The van der Waals surface area contributed by atoms with E-state index in [4.69, 9.17) is 41.0 Å². The highest BCUT2D eigenvalue weighted by molar-refractivity contribution is 5.99. The number of anilines is 2. The van der Waals surface area contributed by atoms with Crippen molar-refractivity contribution in [2.24, 2.45) is 0 Å². The van der Waals surface area contributed by atoms with Crippen LogP contribution >= 0.6 is 0 Å². The third-order valence-corrected chi connectivity index (χ3v) is 11.9. The first kappa shape index (κ1) is 47.0. The zero-order chi connectivity index (χ0) is 48.4. The number of aliphatic hydroxyl groups is 1. The number of benzene rings is 4. The molecule has 7 N–H and O–H groups in total. The predicted octanol–water partition coefficient (Wildman–Crippen LogP) is 4.71. The van der Waals surface area contributed by atoms with Crippen LogP contribution in [0.25, 0.3) is 44.6 Å². The summed E-state index contributed by atoms with van der Waals surface area (Å²) in [7, 11) is 1.63. The Morgan fingerprint density at radius 3 is 1.43 bits per heavy atom. The largest absolute Gasteiger partial charge is 0.457 e. The van der Waals surface area contributed by atoms with E-state index in [1.165, 1.54) is 12.7 Å². The lowest BCUT2D eigenvalue weighted by Gasteiger charge is -2.39. The second-order valence-electron chi connectivity index (χ2n) is 16.7. The monoisotopic (exact) mass is 946 g/mol. The number of carbonyl (C=O) groups is 2. The molecule has 2 aliphatic rings. The third kappa shape index (κ3) is 10.6. The molecule has 0 saturated carbocycles. The van der Waals surface area contributed by atoms with E-state index in [-0.39, 0.29) is 43.6 Å². The molecule has 2 fully saturated rings. The highest BCUT2D eigenvalue weighted by atomic mass is 16.5. The first-order valence-corrected chi connectivity index (χ1v) is 23.0. The Morgan fingerprint density at radius 1 is 0.600 bits per heavy atom. The van der Waals surface area contributed by atoms with Gasteiger partial charge in [0.1, 0.15) is 58.7 Å². The van der Waals surface area contributed by atoms with Gasteiger partial charge in [-0.15, -0.1) is 0 Å². The van der Waals surface area contributed by atoms with Crippen molar-refractivity contribution < 1.29 is 28.9 Å². The number of likely N-dealkylation sites (tertiary alicyclic amines) is 2. The van der Waals surface area contributed by atoms with Crippen LogP contribution in [0, 0.1) is 0 Å². The lowest BCUT2D eigenvalue weighted by atomic mass is 10.1. The van der Waals surface area contributed by atoms with Crippen LogP contribution in [-0.2, 0) is 14.3 Å². The molecule has 0 spiro atoms. The van der Waals surface area contributed by atoms with Gasteiger partial charge >= 0.3 is 0 Å². The predicted molar refractivity (Wildman–Crippen MR) is 264 cm³/mol. The van der Waals surface area contributed by atoms with E-state index in [1.807, 2.05) is 119 Å². The van der Waals surface area contributed by atoms with Crippen molar-refractivity contribution in [2.45, 2.75) is 18.5 Å². The Kier molecular flexibility index (Phi) is 14.7. The summed E-state index contributed by atoms with van der Waals surface area (Å²) in [6.07, 6.45) is 3.50. The fourth-order valence-electron chi connectivity index (χ4n) is 8.13. The van der Waals surface area contributed by atoms with Gasteiger partial charge in [-0.2, -0.15) is 10.2 Å². The molecule has 6 heterocycles. The number of nitrogens with one attached hydrogen (secondary N) is 2. The van der Waals surface area contributed by atoms with E-state index < -0.39 is 0 Å². The maximum Gasteiger partial charge on any atom is 0.236 e. The van der Waals surface area contributed by atoms with Crippen molar-refractivity contribution in [2.75, 3.05) is 84.1 Å². The SMILES string of the molecule is COCCNCC(=O)N1CC(n2nc(-c3ccc(Oc4ccccc4)cc3)c3c(N)ncnc32)C1.Nc1ncnc2c1c(-c1ccc(Oc3ccccc3)cc1)nn2C1CN(C(=O)CNCCCO)C1. The Balaban J connectivity index is 0.000000174. The van der Waals surface area contributed by atoms with Crippen molar-refractivity contribution in [3.8, 4) is 45.5 Å². The van der Waals surface area contributed by atoms with Crippen LogP contribution in [0.2, 0.25) is 0 Å². The van der Waals surface area contributed by atoms with Crippen LogP contribution in [0.1, 0.15) is 18.5 Å². The van der Waals surface area contributed by atoms with Crippen molar-refractivity contribution in [3.05, 3.63) is 122 Å². The summed E-state index contributed by atoms with van der Waals surface area (Å²) >= 11 is 0. The molecule has 0 bridgehead atoms. The van der Waals surface area contributed by atoms with Crippen LogP contribution in [0.4, 0.5) is 11.6 Å². The number of aromatic nitrogens is 8. The molecule has 4 aromatic heterocycles. The van der Waals surface area contributed by atoms with Gasteiger partial charge in [0, 0.05) is 57.6 Å². The standard InChI is InChI=1S/2C25H27N7O3/c1-34-12-11-27-13-21(33)31-14-18(15-31)32-25-22(24(26)28-16-29-25)23(30-32)17-7-9-20(10-8-17)35-19-5-3-2-4-6-19;26-24-22-23(17-7-9-20(10-8-17)35-19-5-2-1-3-6-19)30-32(25(22)29-16-28-24)18-14-31(15-18)21(34)13-27-11-4-12-33/h2-10,16,18,27H,11-15H2,1H3,(H2,26,28,29);1-3,5-10,16,18,27,33H,4,11-15H2,(H2,26,28,29). The van der Waals surface area contributed by atoms with Gasteiger partial charge in [-0.25, -0.2) is 29.3 Å². The van der Waals surface area contributed by atoms with Gasteiger partial charge in [0.15, 0.2) is 11.3 Å². The van der Waals surface area contributed by atoms with Gasteiger partial charge in [-0.1, -0.05) is 36.4 Å². The first-order valence-electron chi connectivity index (χ1n) is 23.0. The quantitative estimate of drug-likeness (QED) is 0.0731. The molecule has 0 unspecified atom stereocenters. The number of nitrogen functional groups attached to an aromatic ring is 2. The van der Waals surface area contributed by atoms with E-state index in [9.17, 15) is 9.59 Å². The molecule has 0 aliphatic carbocycles. The Morgan fingerprint density at radius 2 is 1.01 bits per heavy atom. The minimum atomic E-state index is 0.00243. The zero-order valence-corrected chi connectivity index (χ0v) is 38.6. The van der Waals surface area contributed by atoms with E-state index in [2.05, 4.69) is 30.6 Å². The lowest BCUT2D eigenvalue weighted by molar-refractivity contribution is -0.136. The molecule has 2 aliphatic heterocycles. The van der Waals surface area contributed by atoms with E-state index >= 15 is 0 Å². The Hall–Kier alpha value is -8.04. The number of para-hydroxylation sites is 2. The molecule has 20 nitrogen and oxygen atoms in total. The highest BCUT2D eigenvalue weighted by Gasteiger charge is 2.36. The number of amides is 2. The van der Waals surface area contributed by atoms with Crippen LogP contribution in [-0.4, -0.2) is 139 Å². The van der Waals surface area contributed by atoms with Gasteiger partial charge in [0.25, 0.3) is 0 Å². The van der Waals surface area contributed by atoms with Gasteiger partial charge in [0.2, 0.25) is 11.8 Å². The van der Waals surface area contributed by atoms with E-state index in [0.29, 0.717) is 103 Å². The number of methoxy groups -OCH3 is 1. The number of nitrogens with two attached hydrogens (primary N) is 2. The van der Waals surface area contributed by atoms with Crippen molar-refractivity contribution in [3.63, 3.8) is 0 Å². The lowest BCUT2D eigenvalue weighted by Crippen LogP contribution is -2.53. The minimum Gasteiger partial charge on any atom is -0.457 e. The number of nitrogens with zero attached hydrogens (tertiary/aromatic N) is 10. The van der Waals surface area contributed by atoms with Gasteiger partial charge in [-0.3, -0.25) is 9.59 Å². The highest BCUT2D eigenvalue weighted by Crippen LogP contribution is 2.37. The smallest absolute Gasteiger partial charge is 0.236 e. The maximum absolute atomic E-state index is 12.4. The van der Waals surface area contributed by atoms with Crippen LogP contribution in [0.5, 0.6) is 23.0 Å². The fourth-order valence-corrected chi connectivity index (χ4v) is 8.13. The molecule has 10 rings (SSSR count). The van der Waals surface area contributed by atoms with Crippen LogP contribution < -0.4 is 31.6 Å². The molecule has 4 aromatic carbocycles. The summed E-state index contributed by atoms with van der Waals surface area (Å²) in [5, 5.41) is 26.1. The summed E-state index contributed by atoms with van der Waals surface area (Å²) < 4.78 is 20.5. The van der Waals surface area contributed by atoms with Crippen LogP contribution in [0.3, 0.4) is 0 Å². The Labute approximate surface area is 403 Å². The summed E-state index contributed by atoms with van der Waals surface area (Å²) in [4.78, 5) is 45.6. The number of aliphatic hydroxyl groups excluding tert-OH is 1. The molecule has 360 valence electrons. The summed E-state index contributed by atoms with van der Waals surface area (Å²) in [6.45, 7) is 4.68. The van der Waals surface area contributed by atoms with Crippen LogP contribution in [0.15, 0.2) is 122 Å². The second-order valence-corrected chi connectivity index (χ2v) is 16.7. The second kappa shape index (κ2) is 21.9. The summed E-state index contributed by atoms with van der Waals surface area (Å²) in [5.41, 5.74) is 16.9. The summed E-state index contributed by atoms with van der Waals surface area (Å²) in [5.74, 6) is 3.78. The molecule has 0 atom stereocenters. The molecule has 0 radical (unpaired) electrons. The molecule has 2 amide bonds. The van der Waals surface area contributed by atoms with Gasteiger partial charge in [-0.05, 0) is 85.8 Å². The molecule has 2 saturated heterocycles. The zero-order valence-electron chi connectivity index (χ0n) is 38.6. The van der Waals surface area contributed by atoms with E-state index in [1.54, 1.807) is 16.9 Å². The van der Waals surface area contributed by atoms with Gasteiger partial charge in [0.05, 0.1) is 42.6 Å². The number of ether oxygens (including phenoxy) is 3. The molecular formula is C50H54N14O6. The minimum absolute atomic E-state index is 0.00243. The van der Waals surface area contributed by atoms with Crippen molar-refractivity contribution >= 4 is 45.5 Å². The Bertz CT molecular complexity index is 2810. The average molecular weight is 947 g/mol. The average Bonchev–Trinajstić information content (AvgIpc) is 3.93.